The number of methoxy groups -OCH3 is 1. The molecule has 1 unspecified atom stereocenters. The van der Waals surface area contributed by atoms with E-state index in [0.29, 0.717) is 0 Å². The van der Waals surface area contributed by atoms with Crippen LogP contribution in [0.5, 0.6) is 5.75 Å². The highest BCUT2D eigenvalue weighted by Crippen LogP contribution is 2.31. The number of benzene rings is 1. The second-order valence-corrected chi connectivity index (χ2v) is 5.30. The summed E-state index contributed by atoms with van der Waals surface area (Å²) in [5, 5.41) is 3.24. The van der Waals surface area contributed by atoms with Crippen LogP contribution in [-0.4, -0.2) is 32.7 Å². The molecule has 2 rings (SSSR count). The van der Waals surface area contributed by atoms with Gasteiger partial charge in [-0.15, -0.1) is 0 Å². The fourth-order valence-electron chi connectivity index (χ4n) is 2.64. The van der Waals surface area contributed by atoms with Crippen molar-refractivity contribution in [3.05, 3.63) is 23.8 Å². The van der Waals surface area contributed by atoms with E-state index in [1.165, 1.54) is 5.56 Å². The first-order valence-corrected chi connectivity index (χ1v) is 7.36. The SMILES string of the molecule is CCNCC(C)C(=O)N1CCCc2cc(OC)ccc21. The smallest absolute Gasteiger partial charge is 0.231 e. The third-order valence-electron chi connectivity index (χ3n) is 3.79. The number of carbonyl (C=O) groups is 1. The van der Waals surface area contributed by atoms with E-state index in [-0.39, 0.29) is 11.8 Å². The maximum absolute atomic E-state index is 12.6. The van der Waals surface area contributed by atoms with Crippen LogP contribution < -0.4 is 15.0 Å². The van der Waals surface area contributed by atoms with Crippen LogP contribution in [0.4, 0.5) is 5.69 Å². The summed E-state index contributed by atoms with van der Waals surface area (Å²) in [6, 6.07) is 5.98. The van der Waals surface area contributed by atoms with E-state index in [9.17, 15) is 4.79 Å². The Morgan fingerprint density at radius 3 is 3.00 bits per heavy atom. The minimum absolute atomic E-state index is 0.00278. The van der Waals surface area contributed by atoms with Gasteiger partial charge in [0, 0.05) is 24.7 Å². The first-order valence-electron chi connectivity index (χ1n) is 7.36. The third-order valence-corrected chi connectivity index (χ3v) is 3.79. The maximum atomic E-state index is 12.6. The van der Waals surface area contributed by atoms with Gasteiger partial charge in [0.25, 0.3) is 0 Å². The highest BCUT2D eigenvalue weighted by atomic mass is 16.5. The molecule has 0 fully saturated rings. The van der Waals surface area contributed by atoms with Gasteiger partial charge in [-0.05, 0) is 43.1 Å². The zero-order chi connectivity index (χ0) is 14.5. The fraction of sp³-hybridized carbons (Fsp3) is 0.562. The maximum Gasteiger partial charge on any atom is 0.231 e. The standard InChI is InChI=1S/C16H24N2O2/c1-4-17-11-12(2)16(19)18-9-5-6-13-10-14(20-3)7-8-15(13)18/h7-8,10,12,17H,4-6,9,11H2,1-3H3. The highest BCUT2D eigenvalue weighted by molar-refractivity contribution is 5.96. The Kier molecular flexibility index (Phi) is 5.01. The van der Waals surface area contributed by atoms with Crippen molar-refractivity contribution in [2.75, 3.05) is 31.6 Å². The first-order chi connectivity index (χ1) is 9.67. The lowest BCUT2D eigenvalue weighted by molar-refractivity contribution is -0.121. The van der Waals surface area contributed by atoms with Crippen molar-refractivity contribution < 1.29 is 9.53 Å². The van der Waals surface area contributed by atoms with E-state index in [2.05, 4.69) is 12.2 Å². The molecule has 1 amide bonds. The molecular weight excluding hydrogens is 252 g/mol. The van der Waals surface area contributed by atoms with Crippen molar-refractivity contribution in [3.63, 3.8) is 0 Å². The van der Waals surface area contributed by atoms with E-state index >= 15 is 0 Å². The van der Waals surface area contributed by atoms with Crippen LogP contribution in [-0.2, 0) is 11.2 Å². The molecule has 0 saturated heterocycles. The average molecular weight is 276 g/mol. The summed E-state index contributed by atoms with van der Waals surface area (Å²) < 4.78 is 5.26. The van der Waals surface area contributed by atoms with E-state index < -0.39 is 0 Å². The Morgan fingerprint density at radius 1 is 1.50 bits per heavy atom. The van der Waals surface area contributed by atoms with Gasteiger partial charge in [-0.3, -0.25) is 4.79 Å². The molecule has 4 nitrogen and oxygen atoms in total. The predicted octanol–water partition coefficient (Wildman–Crippen LogP) is 2.22. The Hall–Kier alpha value is -1.55. The number of rotatable bonds is 5. The summed E-state index contributed by atoms with van der Waals surface area (Å²) in [7, 11) is 1.67. The summed E-state index contributed by atoms with van der Waals surface area (Å²) in [5.74, 6) is 1.07. The summed E-state index contributed by atoms with van der Waals surface area (Å²) in [6.07, 6.45) is 2.03. The summed E-state index contributed by atoms with van der Waals surface area (Å²) in [6.45, 7) is 6.49. The average Bonchev–Trinajstić information content (AvgIpc) is 2.50. The molecule has 0 bridgehead atoms. The molecule has 0 aliphatic carbocycles. The van der Waals surface area contributed by atoms with Crippen molar-refractivity contribution >= 4 is 11.6 Å². The molecule has 1 heterocycles. The zero-order valence-corrected chi connectivity index (χ0v) is 12.6. The van der Waals surface area contributed by atoms with Crippen LogP contribution in [0.2, 0.25) is 0 Å². The van der Waals surface area contributed by atoms with Crippen molar-refractivity contribution in [2.24, 2.45) is 5.92 Å². The monoisotopic (exact) mass is 276 g/mol. The van der Waals surface area contributed by atoms with Gasteiger partial charge in [0.1, 0.15) is 5.75 Å². The molecule has 110 valence electrons. The number of hydrogen-bond donors (Lipinski definition) is 1. The second-order valence-electron chi connectivity index (χ2n) is 5.30. The van der Waals surface area contributed by atoms with Crippen LogP contribution in [0.25, 0.3) is 0 Å². The summed E-state index contributed by atoms with van der Waals surface area (Å²) >= 11 is 0. The van der Waals surface area contributed by atoms with Crippen molar-refractivity contribution in [1.29, 1.82) is 0 Å². The van der Waals surface area contributed by atoms with E-state index in [0.717, 1.165) is 43.9 Å². The molecule has 1 aliphatic rings. The van der Waals surface area contributed by atoms with Crippen LogP contribution in [0, 0.1) is 5.92 Å². The molecular formula is C16H24N2O2. The lowest BCUT2D eigenvalue weighted by atomic mass is 9.99. The lowest BCUT2D eigenvalue weighted by Crippen LogP contribution is -2.41. The van der Waals surface area contributed by atoms with Gasteiger partial charge in [0.05, 0.1) is 7.11 Å². The molecule has 0 aromatic heterocycles. The highest BCUT2D eigenvalue weighted by Gasteiger charge is 2.26. The number of carbonyl (C=O) groups excluding carboxylic acids is 1. The summed E-state index contributed by atoms with van der Waals surface area (Å²) in [5.41, 5.74) is 2.25. The van der Waals surface area contributed by atoms with Crippen LogP contribution in [0.15, 0.2) is 18.2 Å². The molecule has 1 aromatic carbocycles. The van der Waals surface area contributed by atoms with E-state index in [1.54, 1.807) is 7.11 Å². The minimum atomic E-state index is 0.00278. The number of nitrogens with one attached hydrogen (secondary N) is 1. The quantitative estimate of drug-likeness (QED) is 0.896. The number of hydrogen-bond acceptors (Lipinski definition) is 3. The lowest BCUT2D eigenvalue weighted by Gasteiger charge is -2.31. The zero-order valence-electron chi connectivity index (χ0n) is 12.6. The van der Waals surface area contributed by atoms with Crippen molar-refractivity contribution in [1.82, 2.24) is 5.32 Å². The number of ether oxygens (including phenoxy) is 1. The predicted molar refractivity (Wildman–Crippen MR) is 81.4 cm³/mol. The van der Waals surface area contributed by atoms with Gasteiger partial charge in [0.15, 0.2) is 0 Å². The first kappa shape index (κ1) is 14.9. The molecule has 0 spiro atoms. The van der Waals surface area contributed by atoms with Crippen molar-refractivity contribution in [3.8, 4) is 5.75 Å². The Balaban J connectivity index is 2.17. The number of aryl methyl sites for hydroxylation is 1. The van der Waals surface area contributed by atoms with Gasteiger partial charge >= 0.3 is 0 Å². The number of fused-ring (bicyclic) bond motifs is 1. The Bertz CT molecular complexity index is 474. The normalized spacial score (nSPS) is 15.7. The molecule has 1 atom stereocenters. The van der Waals surface area contributed by atoms with Crippen LogP contribution >= 0.6 is 0 Å². The second kappa shape index (κ2) is 6.75. The Morgan fingerprint density at radius 2 is 2.30 bits per heavy atom. The van der Waals surface area contributed by atoms with Gasteiger partial charge in [-0.1, -0.05) is 13.8 Å². The molecule has 4 heteroatoms. The summed E-state index contributed by atoms with van der Waals surface area (Å²) in [4.78, 5) is 14.5. The van der Waals surface area contributed by atoms with Gasteiger partial charge in [-0.25, -0.2) is 0 Å². The molecule has 1 N–H and O–H groups in total. The largest absolute Gasteiger partial charge is 0.497 e. The van der Waals surface area contributed by atoms with Gasteiger partial charge in [0.2, 0.25) is 5.91 Å². The molecule has 1 aromatic rings. The topological polar surface area (TPSA) is 41.6 Å². The fourth-order valence-corrected chi connectivity index (χ4v) is 2.64. The number of nitrogens with zero attached hydrogens (tertiary/aromatic N) is 1. The molecule has 1 aliphatic heterocycles. The molecule has 0 radical (unpaired) electrons. The van der Waals surface area contributed by atoms with Crippen LogP contribution in [0.1, 0.15) is 25.8 Å². The number of anilines is 1. The van der Waals surface area contributed by atoms with E-state index in [1.807, 2.05) is 30.0 Å². The number of amides is 1. The van der Waals surface area contributed by atoms with Crippen molar-refractivity contribution in [2.45, 2.75) is 26.7 Å². The van der Waals surface area contributed by atoms with Crippen LogP contribution in [0.3, 0.4) is 0 Å². The molecule has 0 saturated carbocycles. The Labute approximate surface area is 121 Å². The minimum Gasteiger partial charge on any atom is -0.497 e. The van der Waals surface area contributed by atoms with Gasteiger partial charge in [-0.2, -0.15) is 0 Å². The van der Waals surface area contributed by atoms with Gasteiger partial charge < -0.3 is 15.0 Å². The third kappa shape index (κ3) is 3.12. The molecule has 20 heavy (non-hydrogen) atoms. The van der Waals surface area contributed by atoms with E-state index in [4.69, 9.17) is 4.74 Å².